The predicted molar refractivity (Wildman–Crippen MR) is 287 cm³/mol. The minimum atomic E-state index is -0.0433. The molecule has 2 aliphatic carbocycles. The maximum atomic E-state index is 6.95. The number of para-hydroxylation sites is 1. The van der Waals surface area contributed by atoms with Gasteiger partial charge in [-0.3, -0.25) is 0 Å². The van der Waals surface area contributed by atoms with Crippen LogP contribution in [-0.4, -0.2) is 6.71 Å². The van der Waals surface area contributed by atoms with Crippen molar-refractivity contribution in [1.29, 1.82) is 0 Å². The molecule has 0 spiro atoms. The lowest BCUT2D eigenvalue weighted by atomic mass is 9.33. The Morgan fingerprint density at radius 1 is 0.463 bits per heavy atom. The second-order valence-corrected chi connectivity index (χ2v) is 24.4. The number of nitrogens with zero attached hydrogens (tertiary/aromatic N) is 2. The van der Waals surface area contributed by atoms with Crippen LogP contribution in [0.4, 0.5) is 34.1 Å². The van der Waals surface area contributed by atoms with Gasteiger partial charge in [0.25, 0.3) is 6.71 Å². The Labute approximate surface area is 399 Å². The molecule has 8 aromatic rings. The van der Waals surface area contributed by atoms with E-state index in [1.165, 1.54) is 113 Å². The maximum Gasteiger partial charge on any atom is 0.252 e. The van der Waals surface area contributed by atoms with E-state index in [2.05, 4.69) is 220 Å². The van der Waals surface area contributed by atoms with Gasteiger partial charge in [0.05, 0.1) is 0 Å². The fraction of sp³-hybridized carbons (Fsp3) is 0.333. The van der Waals surface area contributed by atoms with Crippen LogP contribution in [0.2, 0.25) is 0 Å². The van der Waals surface area contributed by atoms with Crippen LogP contribution in [-0.2, 0) is 27.1 Å². The molecule has 0 N–H and O–H groups in total. The van der Waals surface area contributed by atoms with Crippen molar-refractivity contribution in [2.75, 3.05) is 9.80 Å². The highest BCUT2D eigenvalue weighted by Crippen LogP contribution is 2.53. The van der Waals surface area contributed by atoms with E-state index in [1.807, 2.05) is 0 Å². The highest BCUT2D eigenvalue weighted by atomic mass is 16.3. The van der Waals surface area contributed by atoms with Gasteiger partial charge >= 0.3 is 0 Å². The molecule has 0 unspecified atom stereocenters. The van der Waals surface area contributed by atoms with Gasteiger partial charge in [-0.2, -0.15) is 0 Å². The molecule has 0 atom stereocenters. The van der Waals surface area contributed by atoms with Crippen molar-refractivity contribution >= 4 is 79.2 Å². The van der Waals surface area contributed by atoms with Crippen LogP contribution in [0.1, 0.15) is 135 Å². The van der Waals surface area contributed by atoms with E-state index in [4.69, 9.17) is 4.42 Å². The Bertz CT molecular complexity index is 3380. The van der Waals surface area contributed by atoms with E-state index in [0.717, 1.165) is 29.4 Å². The van der Waals surface area contributed by atoms with Crippen molar-refractivity contribution in [1.82, 2.24) is 0 Å². The number of aryl methyl sites for hydroxylation is 1. The number of benzene rings is 7. The lowest BCUT2D eigenvalue weighted by Crippen LogP contribution is -2.62. The number of hydrogen-bond donors (Lipinski definition) is 0. The lowest BCUT2D eigenvalue weighted by Gasteiger charge is -2.48. The molecule has 1 aromatic heterocycles. The molecule has 67 heavy (non-hydrogen) atoms. The minimum Gasteiger partial charge on any atom is -0.456 e. The zero-order valence-electron chi connectivity index (χ0n) is 41.8. The van der Waals surface area contributed by atoms with E-state index >= 15 is 0 Å². The molecule has 12 rings (SSSR count). The average Bonchev–Trinajstić information content (AvgIpc) is 3.65. The standard InChI is InChI=1S/C63H65BN2O/c1-38-18-16-17-21-51(38)66-52-34-44-43-32-41(59(2,3)4)22-25-56(43)67-57(44)37-50(52)64-49-35-47-48(63(11,12)29-28-62(47,9)10)36-53(49)65(42-23-24-45-46(33-42)61(7,8)27-26-60(45,5)6)54-30-40(31-55(66)58(54)64)39-19-14-13-15-20-39/h13-25,30-37H,26-29H2,1-12H3. The topological polar surface area (TPSA) is 19.6 Å². The Kier molecular flexibility index (Phi) is 8.87. The third-order valence-corrected chi connectivity index (χ3v) is 17.1. The highest BCUT2D eigenvalue weighted by molar-refractivity contribution is 7.00. The smallest absolute Gasteiger partial charge is 0.252 e. The third kappa shape index (κ3) is 6.30. The first kappa shape index (κ1) is 42.4. The number of furan rings is 1. The van der Waals surface area contributed by atoms with Gasteiger partial charge in [-0.1, -0.05) is 143 Å². The summed E-state index contributed by atoms with van der Waals surface area (Å²) in [6, 6.07) is 49.6. The first-order chi connectivity index (χ1) is 31.7. The Hall–Kier alpha value is -6.00. The molecule has 3 heterocycles. The first-order valence-electron chi connectivity index (χ1n) is 25.0. The summed E-state index contributed by atoms with van der Waals surface area (Å²) < 4.78 is 6.95. The third-order valence-electron chi connectivity index (χ3n) is 17.1. The highest BCUT2D eigenvalue weighted by Gasteiger charge is 2.48. The molecule has 3 nitrogen and oxygen atoms in total. The maximum absolute atomic E-state index is 6.95. The first-order valence-corrected chi connectivity index (χ1v) is 25.0. The summed E-state index contributed by atoms with van der Waals surface area (Å²) in [5, 5.41) is 2.33. The SMILES string of the molecule is Cc1ccccc1N1c2cc3c(cc2B2c4cc5c(cc4N(c4ccc6c(c4)C(C)(C)CCC6(C)C)c4cc(-c6ccccc6)cc1c42)C(C)(C)CCC5(C)C)oc1ccc(C(C)(C)C)cc13. The molecule has 0 amide bonds. The molecule has 7 aromatic carbocycles. The van der Waals surface area contributed by atoms with Crippen LogP contribution in [0.15, 0.2) is 132 Å². The van der Waals surface area contributed by atoms with Gasteiger partial charge in [-0.25, -0.2) is 0 Å². The van der Waals surface area contributed by atoms with Crippen molar-refractivity contribution < 1.29 is 4.42 Å². The van der Waals surface area contributed by atoms with E-state index in [1.54, 1.807) is 0 Å². The molecule has 0 bridgehead atoms. The second kappa shape index (κ2) is 14.0. The molecule has 2 aliphatic heterocycles. The van der Waals surface area contributed by atoms with Gasteiger partial charge in [0.2, 0.25) is 0 Å². The normalized spacial score (nSPS) is 18.3. The summed E-state index contributed by atoms with van der Waals surface area (Å²) in [5.41, 5.74) is 24.5. The van der Waals surface area contributed by atoms with Gasteiger partial charge in [-0.05, 0) is 181 Å². The fourth-order valence-corrected chi connectivity index (χ4v) is 12.7. The van der Waals surface area contributed by atoms with Crippen LogP contribution in [0.3, 0.4) is 0 Å². The number of rotatable bonds is 3. The van der Waals surface area contributed by atoms with Crippen molar-refractivity contribution in [3.63, 3.8) is 0 Å². The molecule has 4 heteroatoms. The molecular weight excluding hydrogens is 812 g/mol. The molecule has 336 valence electrons. The van der Waals surface area contributed by atoms with Crippen LogP contribution >= 0.6 is 0 Å². The van der Waals surface area contributed by atoms with Crippen molar-refractivity contribution in [3.8, 4) is 11.1 Å². The lowest BCUT2D eigenvalue weighted by molar-refractivity contribution is 0.332. The summed E-state index contributed by atoms with van der Waals surface area (Å²) in [6.07, 6.45) is 4.67. The van der Waals surface area contributed by atoms with Gasteiger partial charge in [-0.15, -0.1) is 0 Å². The van der Waals surface area contributed by atoms with Crippen molar-refractivity contribution in [2.45, 2.75) is 136 Å². The quantitative estimate of drug-likeness (QED) is 0.165. The zero-order valence-corrected chi connectivity index (χ0v) is 41.8. The molecule has 4 aliphatic rings. The van der Waals surface area contributed by atoms with Gasteiger partial charge < -0.3 is 14.2 Å². The predicted octanol–water partition coefficient (Wildman–Crippen LogP) is 15.6. The van der Waals surface area contributed by atoms with Crippen LogP contribution in [0.25, 0.3) is 33.1 Å². The van der Waals surface area contributed by atoms with Gasteiger partial charge in [0.1, 0.15) is 11.2 Å². The van der Waals surface area contributed by atoms with Crippen LogP contribution in [0.5, 0.6) is 0 Å². The summed E-state index contributed by atoms with van der Waals surface area (Å²) in [6.45, 7) is 28.8. The average molecular weight is 877 g/mol. The Morgan fingerprint density at radius 3 is 1.70 bits per heavy atom. The van der Waals surface area contributed by atoms with E-state index in [-0.39, 0.29) is 33.8 Å². The summed E-state index contributed by atoms with van der Waals surface area (Å²) in [5.74, 6) is 0. The largest absolute Gasteiger partial charge is 0.456 e. The van der Waals surface area contributed by atoms with E-state index in [0.29, 0.717) is 0 Å². The number of anilines is 6. The van der Waals surface area contributed by atoms with Gasteiger partial charge in [0.15, 0.2) is 0 Å². The summed E-state index contributed by atoms with van der Waals surface area (Å²) >= 11 is 0. The molecule has 0 radical (unpaired) electrons. The molecular formula is C63H65BN2O. The fourth-order valence-electron chi connectivity index (χ4n) is 12.7. The Balaban J connectivity index is 1.24. The van der Waals surface area contributed by atoms with E-state index < -0.39 is 0 Å². The monoisotopic (exact) mass is 877 g/mol. The van der Waals surface area contributed by atoms with E-state index in [9.17, 15) is 0 Å². The van der Waals surface area contributed by atoms with Crippen molar-refractivity contribution in [2.24, 2.45) is 0 Å². The molecule has 0 fully saturated rings. The summed E-state index contributed by atoms with van der Waals surface area (Å²) in [7, 11) is 0. The molecule has 0 saturated carbocycles. The van der Waals surface area contributed by atoms with Crippen LogP contribution in [0, 0.1) is 6.92 Å². The zero-order chi connectivity index (χ0) is 46.7. The number of hydrogen-bond acceptors (Lipinski definition) is 3. The number of fused-ring (bicyclic) bond motifs is 9. The Morgan fingerprint density at radius 2 is 1.03 bits per heavy atom. The molecule has 0 saturated heterocycles. The van der Waals surface area contributed by atoms with Crippen LogP contribution < -0.4 is 26.2 Å². The van der Waals surface area contributed by atoms with Gasteiger partial charge in [0, 0.05) is 44.9 Å². The van der Waals surface area contributed by atoms with Crippen molar-refractivity contribution in [3.05, 3.63) is 161 Å². The minimum absolute atomic E-state index is 0.00549. The summed E-state index contributed by atoms with van der Waals surface area (Å²) in [4.78, 5) is 5.28. The second-order valence-electron chi connectivity index (χ2n) is 24.4.